The summed E-state index contributed by atoms with van der Waals surface area (Å²) in [7, 11) is 0. The molecule has 0 saturated heterocycles. The molecule has 1 saturated carbocycles. The van der Waals surface area contributed by atoms with Crippen molar-refractivity contribution in [2.75, 3.05) is 0 Å². The second kappa shape index (κ2) is 4.24. The molecule has 5 heteroatoms. The zero-order chi connectivity index (χ0) is 12.6. The van der Waals surface area contributed by atoms with Gasteiger partial charge in [-0.2, -0.15) is 4.98 Å². The van der Waals surface area contributed by atoms with Crippen molar-refractivity contribution < 1.29 is 8.94 Å². The van der Waals surface area contributed by atoms with E-state index in [-0.39, 0.29) is 5.54 Å². The molecule has 3 rings (SSSR count). The van der Waals surface area contributed by atoms with E-state index in [1.54, 1.807) is 6.26 Å². The number of aromatic nitrogens is 2. The molecule has 0 aromatic carbocycles. The van der Waals surface area contributed by atoms with Gasteiger partial charge in [0, 0.05) is 12.0 Å². The molecule has 0 unspecified atom stereocenters. The van der Waals surface area contributed by atoms with E-state index in [2.05, 4.69) is 10.1 Å². The van der Waals surface area contributed by atoms with E-state index in [1.807, 2.05) is 13.0 Å². The van der Waals surface area contributed by atoms with Crippen molar-refractivity contribution in [3.8, 4) is 11.6 Å². The molecule has 0 atom stereocenters. The van der Waals surface area contributed by atoms with E-state index in [9.17, 15) is 0 Å². The van der Waals surface area contributed by atoms with Gasteiger partial charge in [0.2, 0.25) is 11.7 Å². The van der Waals surface area contributed by atoms with Gasteiger partial charge in [-0.15, -0.1) is 0 Å². The Morgan fingerprint density at radius 3 is 2.83 bits per heavy atom. The standard InChI is InChI=1S/C13H17N3O2/c1-9-4-7-17-11(9)12-15-10(18-16-12)8-13(14)5-2-3-6-13/h4,7H,2-3,5-6,8,14H2,1H3. The molecular weight excluding hydrogens is 230 g/mol. The monoisotopic (exact) mass is 247 g/mol. The second-order valence-corrected chi connectivity index (χ2v) is 5.19. The van der Waals surface area contributed by atoms with Crippen LogP contribution in [-0.2, 0) is 6.42 Å². The van der Waals surface area contributed by atoms with Crippen molar-refractivity contribution in [3.63, 3.8) is 0 Å². The first-order valence-electron chi connectivity index (χ1n) is 6.32. The quantitative estimate of drug-likeness (QED) is 0.901. The van der Waals surface area contributed by atoms with Crippen molar-refractivity contribution >= 4 is 0 Å². The Morgan fingerprint density at radius 2 is 2.17 bits per heavy atom. The lowest BCUT2D eigenvalue weighted by molar-refractivity contribution is 0.329. The van der Waals surface area contributed by atoms with Gasteiger partial charge in [-0.3, -0.25) is 0 Å². The molecule has 0 radical (unpaired) electrons. The van der Waals surface area contributed by atoms with Crippen LogP contribution in [0.15, 0.2) is 21.3 Å². The van der Waals surface area contributed by atoms with Crippen molar-refractivity contribution in [1.82, 2.24) is 10.1 Å². The van der Waals surface area contributed by atoms with E-state index in [0.29, 0.717) is 23.9 Å². The number of rotatable bonds is 3. The summed E-state index contributed by atoms with van der Waals surface area (Å²) < 4.78 is 10.6. The first kappa shape index (κ1) is 11.5. The number of hydrogen-bond acceptors (Lipinski definition) is 5. The topological polar surface area (TPSA) is 78.1 Å². The van der Waals surface area contributed by atoms with Crippen LogP contribution in [0.3, 0.4) is 0 Å². The first-order chi connectivity index (χ1) is 8.66. The highest BCUT2D eigenvalue weighted by Crippen LogP contribution is 2.30. The van der Waals surface area contributed by atoms with Crippen LogP contribution in [0.2, 0.25) is 0 Å². The predicted molar refractivity (Wildman–Crippen MR) is 65.8 cm³/mol. The van der Waals surface area contributed by atoms with E-state index in [1.165, 1.54) is 12.8 Å². The third-order valence-corrected chi connectivity index (χ3v) is 3.64. The summed E-state index contributed by atoms with van der Waals surface area (Å²) in [5.74, 6) is 1.78. The highest BCUT2D eigenvalue weighted by atomic mass is 16.5. The van der Waals surface area contributed by atoms with Gasteiger partial charge < -0.3 is 14.7 Å². The minimum absolute atomic E-state index is 0.165. The molecule has 0 amide bonds. The largest absolute Gasteiger partial charge is 0.461 e. The Labute approximate surface area is 105 Å². The van der Waals surface area contributed by atoms with Gasteiger partial charge in [0.15, 0.2) is 5.76 Å². The zero-order valence-electron chi connectivity index (χ0n) is 10.5. The minimum Gasteiger partial charge on any atom is -0.461 e. The Hall–Kier alpha value is -1.62. The fourth-order valence-corrected chi connectivity index (χ4v) is 2.58. The number of nitrogens with two attached hydrogens (primary N) is 1. The van der Waals surface area contributed by atoms with Crippen molar-refractivity contribution in [2.45, 2.75) is 44.6 Å². The van der Waals surface area contributed by atoms with E-state index in [4.69, 9.17) is 14.7 Å². The fourth-order valence-electron chi connectivity index (χ4n) is 2.58. The molecular formula is C13H17N3O2. The molecule has 18 heavy (non-hydrogen) atoms. The van der Waals surface area contributed by atoms with Crippen LogP contribution in [0.1, 0.15) is 37.1 Å². The summed E-state index contributed by atoms with van der Waals surface area (Å²) in [6.07, 6.45) is 6.72. The Bertz CT molecular complexity index is 538. The lowest BCUT2D eigenvalue weighted by Crippen LogP contribution is -2.38. The van der Waals surface area contributed by atoms with Gasteiger partial charge in [-0.1, -0.05) is 18.0 Å². The summed E-state index contributed by atoms with van der Waals surface area (Å²) >= 11 is 0. The maximum Gasteiger partial charge on any atom is 0.238 e. The van der Waals surface area contributed by atoms with Gasteiger partial charge in [0.05, 0.1) is 6.26 Å². The normalized spacial score (nSPS) is 18.3. The summed E-state index contributed by atoms with van der Waals surface area (Å²) in [4.78, 5) is 4.37. The average molecular weight is 247 g/mol. The lowest BCUT2D eigenvalue weighted by Gasteiger charge is -2.20. The van der Waals surface area contributed by atoms with Crippen LogP contribution < -0.4 is 5.73 Å². The molecule has 5 nitrogen and oxygen atoms in total. The molecule has 1 aliphatic rings. The third kappa shape index (κ3) is 2.06. The SMILES string of the molecule is Cc1ccoc1-c1noc(CC2(N)CCCC2)n1. The van der Waals surface area contributed by atoms with Crippen molar-refractivity contribution in [3.05, 3.63) is 23.8 Å². The smallest absolute Gasteiger partial charge is 0.238 e. The molecule has 96 valence electrons. The predicted octanol–water partition coefficient (Wildman–Crippen LogP) is 2.45. The van der Waals surface area contributed by atoms with Crippen LogP contribution >= 0.6 is 0 Å². The molecule has 2 heterocycles. The highest BCUT2D eigenvalue weighted by Gasteiger charge is 2.31. The molecule has 0 spiro atoms. The molecule has 0 aliphatic heterocycles. The van der Waals surface area contributed by atoms with Crippen molar-refractivity contribution in [1.29, 1.82) is 0 Å². The van der Waals surface area contributed by atoms with Gasteiger partial charge in [-0.25, -0.2) is 0 Å². The maximum atomic E-state index is 6.30. The summed E-state index contributed by atoms with van der Waals surface area (Å²) in [5.41, 5.74) is 7.14. The fraction of sp³-hybridized carbons (Fsp3) is 0.538. The van der Waals surface area contributed by atoms with Crippen LogP contribution in [0.5, 0.6) is 0 Å². The number of aryl methyl sites for hydroxylation is 1. The number of furan rings is 1. The zero-order valence-corrected chi connectivity index (χ0v) is 10.5. The van der Waals surface area contributed by atoms with Gasteiger partial charge >= 0.3 is 0 Å². The van der Waals surface area contributed by atoms with E-state index >= 15 is 0 Å². The molecule has 1 aliphatic carbocycles. The van der Waals surface area contributed by atoms with E-state index < -0.39 is 0 Å². The Kier molecular flexibility index (Phi) is 2.70. The summed E-state index contributed by atoms with van der Waals surface area (Å²) in [6.45, 7) is 1.95. The second-order valence-electron chi connectivity index (χ2n) is 5.19. The van der Waals surface area contributed by atoms with Gasteiger partial charge in [0.1, 0.15) is 0 Å². The molecule has 0 bridgehead atoms. The van der Waals surface area contributed by atoms with Crippen LogP contribution in [0.4, 0.5) is 0 Å². The summed E-state index contributed by atoms with van der Waals surface area (Å²) in [5, 5.41) is 3.96. The average Bonchev–Trinajstić information content (AvgIpc) is 3.01. The lowest BCUT2D eigenvalue weighted by atomic mass is 9.95. The van der Waals surface area contributed by atoms with Crippen molar-refractivity contribution in [2.24, 2.45) is 5.73 Å². The molecule has 2 aromatic heterocycles. The highest BCUT2D eigenvalue weighted by molar-refractivity contribution is 5.50. The van der Waals surface area contributed by atoms with Gasteiger partial charge in [-0.05, 0) is 31.4 Å². The third-order valence-electron chi connectivity index (χ3n) is 3.64. The minimum atomic E-state index is -0.165. The first-order valence-corrected chi connectivity index (χ1v) is 6.32. The molecule has 2 aromatic rings. The van der Waals surface area contributed by atoms with Gasteiger partial charge in [0.25, 0.3) is 0 Å². The maximum absolute atomic E-state index is 6.30. The Morgan fingerprint density at radius 1 is 1.39 bits per heavy atom. The molecule has 2 N–H and O–H groups in total. The van der Waals surface area contributed by atoms with E-state index in [0.717, 1.165) is 18.4 Å². The number of nitrogens with zero attached hydrogens (tertiary/aromatic N) is 2. The van der Waals surface area contributed by atoms with Crippen LogP contribution in [0.25, 0.3) is 11.6 Å². The number of hydrogen-bond donors (Lipinski definition) is 1. The summed E-state index contributed by atoms with van der Waals surface area (Å²) in [6, 6.07) is 1.88. The van der Waals surface area contributed by atoms with Crippen LogP contribution in [-0.4, -0.2) is 15.7 Å². The molecule has 1 fully saturated rings. The van der Waals surface area contributed by atoms with Crippen LogP contribution in [0, 0.1) is 6.92 Å². The Balaban J connectivity index is 1.80.